The van der Waals surface area contributed by atoms with Crippen LogP contribution in [0.5, 0.6) is 0 Å². The molecule has 84 valence electrons. The molecular formula is C13H12N4. The molecule has 0 radical (unpaired) electrons. The Morgan fingerprint density at radius 3 is 2.94 bits per heavy atom. The first-order chi connectivity index (χ1) is 8.38. The summed E-state index contributed by atoms with van der Waals surface area (Å²) >= 11 is 0. The lowest BCUT2D eigenvalue weighted by Gasteiger charge is -1.95. The topological polar surface area (TPSA) is 53.4 Å². The minimum absolute atomic E-state index is 0.534. The number of nitrogens with zero attached hydrogens (tertiary/aromatic N) is 3. The van der Waals surface area contributed by atoms with Crippen molar-refractivity contribution >= 4 is 21.8 Å². The number of hydrogen-bond acceptors (Lipinski definition) is 3. The van der Waals surface area contributed by atoms with Crippen LogP contribution in [0.25, 0.3) is 21.8 Å². The highest BCUT2D eigenvalue weighted by Gasteiger charge is 2.04. The van der Waals surface area contributed by atoms with Gasteiger partial charge >= 0.3 is 0 Å². The Kier molecular flexibility index (Phi) is 2.33. The minimum atomic E-state index is 0.534. The molecular weight excluding hydrogens is 212 g/mol. The quantitative estimate of drug-likeness (QED) is 0.667. The lowest BCUT2D eigenvalue weighted by molar-refractivity contribution is 0.900. The van der Waals surface area contributed by atoms with E-state index in [2.05, 4.69) is 38.4 Å². The highest BCUT2D eigenvalue weighted by Crippen LogP contribution is 2.25. The standard InChI is InChI=1S/C13H12N4/c1-14-16-7-9-6-11-10-4-2-3-5-12(10)17-13(11)8-15-9/h2-6,8,17H,7H2,1H3. The van der Waals surface area contributed by atoms with Crippen molar-refractivity contribution in [2.24, 2.45) is 10.2 Å². The van der Waals surface area contributed by atoms with Gasteiger partial charge in [0.05, 0.1) is 17.4 Å². The van der Waals surface area contributed by atoms with E-state index in [1.54, 1.807) is 7.05 Å². The molecule has 3 rings (SSSR count). The summed E-state index contributed by atoms with van der Waals surface area (Å²) in [6.45, 7) is 0.534. The average molecular weight is 224 g/mol. The Bertz CT molecular complexity index is 697. The molecule has 4 heteroatoms. The van der Waals surface area contributed by atoms with E-state index in [1.165, 1.54) is 10.8 Å². The summed E-state index contributed by atoms with van der Waals surface area (Å²) in [5.74, 6) is 0. The summed E-state index contributed by atoms with van der Waals surface area (Å²) in [6.07, 6.45) is 1.86. The molecule has 0 bridgehead atoms. The van der Waals surface area contributed by atoms with Gasteiger partial charge in [0, 0.05) is 23.3 Å². The predicted octanol–water partition coefficient (Wildman–Crippen LogP) is 3.30. The summed E-state index contributed by atoms with van der Waals surface area (Å²) in [7, 11) is 1.67. The third kappa shape index (κ3) is 1.67. The van der Waals surface area contributed by atoms with E-state index in [-0.39, 0.29) is 0 Å². The maximum atomic E-state index is 4.35. The maximum absolute atomic E-state index is 4.35. The Labute approximate surface area is 98.4 Å². The Morgan fingerprint density at radius 1 is 1.18 bits per heavy atom. The Morgan fingerprint density at radius 2 is 2.06 bits per heavy atom. The van der Waals surface area contributed by atoms with Crippen LogP contribution < -0.4 is 0 Å². The highest BCUT2D eigenvalue weighted by molar-refractivity contribution is 6.06. The maximum Gasteiger partial charge on any atom is 0.102 e. The van der Waals surface area contributed by atoms with Crippen LogP contribution in [-0.4, -0.2) is 17.0 Å². The van der Waals surface area contributed by atoms with Crippen LogP contribution in [0, 0.1) is 0 Å². The van der Waals surface area contributed by atoms with Crippen LogP contribution in [0.1, 0.15) is 5.69 Å². The van der Waals surface area contributed by atoms with Crippen molar-refractivity contribution in [3.63, 3.8) is 0 Å². The van der Waals surface area contributed by atoms with Gasteiger partial charge < -0.3 is 4.98 Å². The second-order valence-corrected chi connectivity index (χ2v) is 3.89. The fraction of sp³-hybridized carbons (Fsp3) is 0.154. The number of fused-ring (bicyclic) bond motifs is 3. The van der Waals surface area contributed by atoms with Gasteiger partial charge in [-0.25, -0.2) is 0 Å². The summed E-state index contributed by atoms with van der Waals surface area (Å²) in [5.41, 5.74) is 3.13. The largest absolute Gasteiger partial charge is 0.353 e. The van der Waals surface area contributed by atoms with E-state index >= 15 is 0 Å². The molecule has 1 N–H and O–H groups in total. The first-order valence-corrected chi connectivity index (χ1v) is 5.49. The number of rotatable bonds is 2. The van der Waals surface area contributed by atoms with Crippen molar-refractivity contribution in [1.82, 2.24) is 9.97 Å². The monoisotopic (exact) mass is 224 g/mol. The lowest BCUT2D eigenvalue weighted by Crippen LogP contribution is -1.85. The zero-order chi connectivity index (χ0) is 11.7. The van der Waals surface area contributed by atoms with E-state index in [9.17, 15) is 0 Å². The molecule has 17 heavy (non-hydrogen) atoms. The van der Waals surface area contributed by atoms with Crippen molar-refractivity contribution in [3.8, 4) is 0 Å². The summed E-state index contributed by atoms with van der Waals surface area (Å²) in [4.78, 5) is 7.70. The molecule has 0 saturated carbocycles. The number of pyridine rings is 1. The molecule has 2 heterocycles. The first kappa shape index (κ1) is 9.96. The number of para-hydroxylation sites is 1. The normalized spacial score (nSPS) is 11.8. The fourth-order valence-electron chi connectivity index (χ4n) is 2.02. The fourth-order valence-corrected chi connectivity index (χ4v) is 2.02. The Hall–Kier alpha value is -2.23. The summed E-state index contributed by atoms with van der Waals surface area (Å²) in [6, 6.07) is 10.3. The molecule has 0 aliphatic carbocycles. The van der Waals surface area contributed by atoms with Crippen LogP contribution in [-0.2, 0) is 6.54 Å². The number of hydrogen-bond donors (Lipinski definition) is 1. The lowest BCUT2D eigenvalue weighted by atomic mass is 10.1. The zero-order valence-electron chi connectivity index (χ0n) is 9.51. The number of aromatic nitrogens is 2. The van der Waals surface area contributed by atoms with E-state index in [4.69, 9.17) is 0 Å². The number of azo groups is 1. The van der Waals surface area contributed by atoms with E-state index in [1.807, 2.05) is 18.3 Å². The zero-order valence-corrected chi connectivity index (χ0v) is 9.51. The molecule has 2 aromatic heterocycles. The van der Waals surface area contributed by atoms with Gasteiger partial charge in [-0.15, -0.1) is 0 Å². The van der Waals surface area contributed by atoms with Gasteiger partial charge in [0.15, 0.2) is 0 Å². The smallest absolute Gasteiger partial charge is 0.102 e. The molecule has 0 atom stereocenters. The van der Waals surface area contributed by atoms with E-state index < -0.39 is 0 Å². The van der Waals surface area contributed by atoms with Crippen molar-refractivity contribution in [3.05, 3.63) is 42.2 Å². The van der Waals surface area contributed by atoms with Gasteiger partial charge in [0.2, 0.25) is 0 Å². The van der Waals surface area contributed by atoms with Crippen LogP contribution in [0.4, 0.5) is 0 Å². The van der Waals surface area contributed by atoms with E-state index in [0.29, 0.717) is 6.54 Å². The van der Waals surface area contributed by atoms with Crippen LogP contribution >= 0.6 is 0 Å². The van der Waals surface area contributed by atoms with Gasteiger partial charge in [-0.1, -0.05) is 18.2 Å². The molecule has 0 fully saturated rings. The van der Waals surface area contributed by atoms with Crippen molar-refractivity contribution in [1.29, 1.82) is 0 Å². The van der Waals surface area contributed by atoms with Crippen molar-refractivity contribution in [2.75, 3.05) is 7.05 Å². The Balaban J connectivity index is 2.22. The SMILES string of the molecule is CN=NCc1cc2c(cn1)[nH]c1ccccc12. The third-order valence-corrected chi connectivity index (χ3v) is 2.82. The molecule has 0 saturated heterocycles. The van der Waals surface area contributed by atoms with Crippen molar-refractivity contribution < 1.29 is 0 Å². The number of aromatic amines is 1. The molecule has 0 spiro atoms. The molecule has 0 amide bonds. The molecule has 1 aromatic carbocycles. The molecule has 0 unspecified atom stereocenters. The van der Waals surface area contributed by atoms with Gasteiger partial charge in [-0.05, 0) is 12.1 Å². The number of nitrogens with one attached hydrogen (secondary N) is 1. The van der Waals surface area contributed by atoms with Crippen LogP contribution in [0.3, 0.4) is 0 Å². The molecule has 3 aromatic rings. The number of H-pyrrole nitrogens is 1. The average Bonchev–Trinajstić information content (AvgIpc) is 2.74. The predicted molar refractivity (Wildman–Crippen MR) is 68.1 cm³/mol. The van der Waals surface area contributed by atoms with E-state index in [0.717, 1.165) is 16.7 Å². The second-order valence-electron chi connectivity index (χ2n) is 3.89. The van der Waals surface area contributed by atoms with Gasteiger partial charge in [-0.2, -0.15) is 10.2 Å². The van der Waals surface area contributed by atoms with Crippen LogP contribution in [0.15, 0.2) is 46.8 Å². The first-order valence-electron chi connectivity index (χ1n) is 5.49. The van der Waals surface area contributed by atoms with Gasteiger partial charge in [-0.3, -0.25) is 4.98 Å². The highest BCUT2D eigenvalue weighted by atomic mass is 15.1. The summed E-state index contributed by atoms with van der Waals surface area (Å²) in [5, 5.41) is 10.1. The second kappa shape index (κ2) is 3.97. The number of benzene rings is 1. The van der Waals surface area contributed by atoms with Gasteiger partial charge in [0.1, 0.15) is 6.54 Å². The van der Waals surface area contributed by atoms with Gasteiger partial charge in [0.25, 0.3) is 0 Å². The van der Waals surface area contributed by atoms with Crippen LogP contribution in [0.2, 0.25) is 0 Å². The summed E-state index contributed by atoms with van der Waals surface area (Å²) < 4.78 is 0. The molecule has 0 aliphatic rings. The van der Waals surface area contributed by atoms with Crippen molar-refractivity contribution in [2.45, 2.75) is 6.54 Å². The molecule has 0 aliphatic heterocycles. The third-order valence-electron chi connectivity index (χ3n) is 2.82. The molecule has 4 nitrogen and oxygen atoms in total. The minimum Gasteiger partial charge on any atom is -0.353 e.